The van der Waals surface area contributed by atoms with Crippen LogP contribution in [0.25, 0.3) is 10.8 Å². The molecule has 7 heteroatoms. The van der Waals surface area contributed by atoms with Crippen molar-refractivity contribution < 1.29 is 28.5 Å². The summed E-state index contributed by atoms with van der Waals surface area (Å²) in [5, 5.41) is 1.39. The fourth-order valence-corrected chi connectivity index (χ4v) is 3.98. The SMILES string of the molecule is CCOc1ccc2c(C(=O)c3cc(OC)c(OCC)c(OC)c3)cncc2c1OCc1ccccc1. The van der Waals surface area contributed by atoms with Gasteiger partial charge in [0.2, 0.25) is 5.75 Å². The second-order valence-corrected chi connectivity index (χ2v) is 7.85. The van der Waals surface area contributed by atoms with Crippen LogP contribution in [0.5, 0.6) is 28.7 Å². The molecule has 0 bridgehead atoms. The molecule has 3 aromatic carbocycles. The van der Waals surface area contributed by atoms with E-state index in [4.69, 9.17) is 23.7 Å². The van der Waals surface area contributed by atoms with E-state index in [-0.39, 0.29) is 5.78 Å². The molecule has 0 spiro atoms. The van der Waals surface area contributed by atoms with E-state index in [9.17, 15) is 4.79 Å². The largest absolute Gasteiger partial charge is 0.493 e. The number of rotatable bonds is 11. The van der Waals surface area contributed by atoms with Gasteiger partial charge in [-0.05, 0) is 49.1 Å². The molecular formula is C29H29NO6. The Hall–Kier alpha value is -4.26. The van der Waals surface area contributed by atoms with Crippen molar-refractivity contribution in [2.45, 2.75) is 20.5 Å². The minimum atomic E-state index is -0.231. The van der Waals surface area contributed by atoms with E-state index < -0.39 is 0 Å². The molecule has 0 amide bonds. The van der Waals surface area contributed by atoms with Crippen molar-refractivity contribution in [2.75, 3.05) is 27.4 Å². The number of benzene rings is 3. The van der Waals surface area contributed by atoms with E-state index in [0.29, 0.717) is 70.5 Å². The zero-order valence-corrected chi connectivity index (χ0v) is 20.9. The molecule has 0 saturated carbocycles. The normalized spacial score (nSPS) is 10.7. The lowest BCUT2D eigenvalue weighted by Crippen LogP contribution is -2.07. The second kappa shape index (κ2) is 11.4. The molecule has 0 atom stereocenters. The molecule has 0 radical (unpaired) electrons. The standard InChI is InChI=1S/C29H29NO6/c1-5-34-24-13-12-21-22(16-30-17-23(21)28(24)36-18-19-10-8-7-9-11-19)27(31)20-14-25(32-3)29(35-6-2)26(15-20)33-4/h7-17H,5-6,18H2,1-4H3. The molecular weight excluding hydrogens is 458 g/mol. The molecule has 0 saturated heterocycles. The van der Waals surface area contributed by atoms with Crippen LogP contribution < -0.4 is 23.7 Å². The molecule has 1 aromatic heterocycles. The van der Waals surface area contributed by atoms with E-state index in [1.165, 1.54) is 14.2 Å². The molecule has 4 aromatic rings. The molecule has 186 valence electrons. The van der Waals surface area contributed by atoms with Crippen LogP contribution in [0.4, 0.5) is 0 Å². The third-order valence-electron chi connectivity index (χ3n) is 5.64. The van der Waals surface area contributed by atoms with Crippen LogP contribution in [0, 0.1) is 0 Å². The van der Waals surface area contributed by atoms with Crippen molar-refractivity contribution >= 4 is 16.6 Å². The summed E-state index contributed by atoms with van der Waals surface area (Å²) < 4.78 is 28.7. The first-order valence-corrected chi connectivity index (χ1v) is 11.7. The van der Waals surface area contributed by atoms with Gasteiger partial charge in [-0.25, -0.2) is 0 Å². The maximum absolute atomic E-state index is 13.7. The third kappa shape index (κ3) is 5.05. The smallest absolute Gasteiger partial charge is 0.203 e. The van der Waals surface area contributed by atoms with Crippen molar-refractivity contribution in [3.05, 3.63) is 83.7 Å². The van der Waals surface area contributed by atoms with Gasteiger partial charge in [0.1, 0.15) is 6.61 Å². The molecule has 0 unspecified atom stereocenters. The Morgan fingerprint density at radius 2 is 1.44 bits per heavy atom. The number of ether oxygens (including phenoxy) is 5. The van der Waals surface area contributed by atoms with Gasteiger partial charge < -0.3 is 23.7 Å². The van der Waals surface area contributed by atoms with E-state index in [0.717, 1.165) is 5.56 Å². The number of fused-ring (bicyclic) bond motifs is 1. The number of carbonyl (C=O) groups excluding carboxylic acids is 1. The summed E-state index contributed by atoms with van der Waals surface area (Å²) in [6.07, 6.45) is 3.25. The Kier molecular flexibility index (Phi) is 7.90. The second-order valence-electron chi connectivity index (χ2n) is 7.85. The van der Waals surface area contributed by atoms with Gasteiger partial charge in [0, 0.05) is 28.9 Å². The maximum Gasteiger partial charge on any atom is 0.203 e. The quantitative estimate of drug-likeness (QED) is 0.245. The highest BCUT2D eigenvalue weighted by Crippen LogP contribution is 2.41. The van der Waals surface area contributed by atoms with E-state index in [1.807, 2.05) is 56.3 Å². The van der Waals surface area contributed by atoms with Gasteiger partial charge in [-0.15, -0.1) is 0 Å². The van der Waals surface area contributed by atoms with Crippen molar-refractivity contribution in [3.63, 3.8) is 0 Å². The topological polar surface area (TPSA) is 76.1 Å². The maximum atomic E-state index is 13.7. The monoisotopic (exact) mass is 487 g/mol. The van der Waals surface area contributed by atoms with Crippen molar-refractivity contribution in [1.82, 2.24) is 4.98 Å². The lowest BCUT2D eigenvalue weighted by molar-refractivity contribution is 0.103. The van der Waals surface area contributed by atoms with Gasteiger partial charge >= 0.3 is 0 Å². The van der Waals surface area contributed by atoms with Crippen molar-refractivity contribution in [3.8, 4) is 28.7 Å². The highest BCUT2D eigenvalue weighted by Gasteiger charge is 2.22. The van der Waals surface area contributed by atoms with Crippen LogP contribution in [0.15, 0.2) is 67.0 Å². The van der Waals surface area contributed by atoms with E-state index >= 15 is 0 Å². The van der Waals surface area contributed by atoms with Crippen LogP contribution >= 0.6 is 0 Å². The molecule has 0 aliphatic carbocycles. The number of methoxy groups -OCH3 is 2. The highest BCUT2D eigenvalue weighted by molar-refractivity contribution is 6.17. The van der Waals surface area contributed by atoms with Crippen LogP contribution in [0.1, 0.15) is 35.3 Å². The number of ketones is 1. The first-order valence-electron chi connectivity index (χ1n) is 11.7. The summed E-state index contributed by atoms with van der Waals surface area (Å²) in [5.41, 5.74) is 1.83. The number of pyridine rings is 1. The average molecular weight is 488 g/mol. The Balaban J connectivity index is 1.79. The number of hydrogen-bond donors (Lipinski definition) is 0. The Labute approximate surface area is 210 Å². The molecule has 0 aliphatic heterocycles. The first kappa shape index (κ1) is 24.9. The summed E-state index contributed by atoms with van der Waals surface area (Å²) >= 11 is 0. The fourth-order valence-electron chi connectivity index (χ4n) is 3.98. The predicted octanol–water partition coefficient (Wildman–Crippen LogP) is 5.86. The van der Waals surface area contributed by atoms with Crippen LogP contribution in [-0.4, -0.2) is 38.2 Å². The van der Waals surface area contributed by atoms with Crippen LogP contribution in [-0.2, 0) is 6.61 Å². The Bertz CT molecular complexity index is 1330. The van der Waals surface area contributed by atoms with Gasteiger partial charge in [-0.3, -0.25) is 9.78 Å². The van der Waals surface area contributed by atoms with E-state index in [2.05, 4.69) is 4.98 Å². The molecule has 1 heterocycles. The average Bonchev–Trinajstić information content (AvgIpc) is 2.92. The fraction of sp³-hybridized carbons (Fsp3) is 0.241. The first-order chi connectivity index (χ1) is 17.6. The molecule has 0 aliphatic rings. The highest BCUT2D eigenvalue weighted by atomic mass is 16.5. The minimum Gasteiger partial charge on any atom is -0.493 e. The lowest BCUT2D eigenvalue weighted by atomic mass is 9.98. The lowest BCUT2D eigenvalue weighted by Gasteiger charge is -2.17. The Morgan fingerprint density at radius 1 is 0.750 bits per heavy atom. The Morgan fingerprint density at radius 3 is 2.08 bits per heavy atom. The van der Waals surface area contributed by atoms with Gasteiger partial charge in [-0.1, -0.05) is 30.3 Å². The number of carbonyl (C=O) groups is 1. The van der Waals surface area contributed by atoms with Gasteiger partial charge in [0.05, 0.1) is 27.4 Å². The zero-order chi connectivity index (χ0) is 25.5. The summed E-state index contributed by atoms with van der Waals surface area (Å²) in [4.78, 5) is 18.1. The number of hydrogen-bond acceptors (Lipinski definition) is 7. The summed E-state index contributed by atoms with van der Waals surface area (Å²) in [5.74, 6) is 2.19. The predicted molar refractivity (Wildman–Crippen MR) is 138 cm³/mol. The minimum absolute atomic E-state index is 0.231. The van der Waals surface area contributed by atoms with Crippen LogP contribution in [0.2, 0.25) is 0 Å². The molecule has 4 rings (SSSR count). The number of nitrogens with zero attached hydrogens (tertiary/aromatic N) is 1. The summed E-state index contributed by atoms with van der Waals surface area (Å²) in [6.45, 7) is 5.04. The third-order valence-corrected chi connectivity index (χ3v) is 5.64. The molecule has 0 N–H and O–H groups in total. The molecule has 36 heavy (non-hydrogen) atoms. The molecule has 7 nitrogen and oxygen atoms in total. The number of aromatic nitrogens is 1. The van der Waals surface area contributed by atoms with Crippen molar-refractivity contribution in [1.29, 1.82) is 0 Å². The zero-order valence-electron chi connectivity index (χ0n) is 20.9. The van der Waals surface area contributed by atoms with E-state index in [1.54, 1.807) is 24.5 Å². The van der Waals surface area contributed by atoms with Gasteiger partial charge in [0.15, 0.2) is 28.8 Å². The van der Waals surface area contributed by atoms with Gasteiger partial charge in [0.25, 0.3) is 0 Å². The van der Waals surface area contributed by atoms with Crippen LogP contribution in [0.3, 0.4) is 0 Å². The molecule has 0 fully saturated rings. The summed E-state index contributed by atoms with van der Waals surface area (Å²) in [7, 11) is 3.05. The van der Waals surface area contributed by atoms with Crippen molar-refractivity contribution in [2.24, 2.45) is 0 Å². The summed E-state index contributed by atoms with van der Waals surface area (Å²) in [6, 6.07) is 16.8. The van der Waals surface area contributed by atoms with Gasteiger partial charge in [-0.2, -0.15) is 0 Å².